The van der Waals surface area contributed by atoms with Gasteiger partial charge >= 0.3 is 6.18 Å². The Morgan fingerprint density at radius 3 is 2.29 bits per heavy atom. The van der Waals surface area contributed by atoms with Gasteiger partial charge in [-0.2, -0.15) is 13.2 Å². The number of hydrogen-bond acceptors (Lipinski definition) is 3. The summed E-state index contributed by atoms with van der Waals surface area (Å²) in [7, 11) is 0. The smallest absolute Gasteiger partial charge is 0.301 e. The molecule has 2 heterocycles. The van der Waals surface area contributed by atoms with Crippen LogP contribution in [0.4, 0.5) is 13.2 Å². The van der Waals surface area contributed by atoms with Gasteiger partial charge in [0, 0.05) is 22.9 Å². The van der Waals surface area contributed by atoms with Gasteiger partial charge in [-0.15, -0.1) is 11.3 Å². The first-order valence-electron chi connectivity index (χ1n) is 8.21. The Balaban J connectivity index is 1.70. The van der Waals surface area contributed by atoms with Crippen molar-refractivity contribution in [3.05, 3.63) is 40.2 Å². The molecule has 1 aromatic carbocycles. The van der Waals surface area contributed by atoms with Gasteiger partial charge in [0.15, 0.2) is 0 Å². The molecule has 0 aliphatic carbocycles. The second kappa shape index (κ2) is 6.84. The van der Waals surface area contributed by atoms with Crippen LogP contribution in [0.1, 0.15) is 43.2 Å². The molecule has 3 rings (SSSR count). The maximum atomic E-state index is 12.6. The Morgan fingerprint density at radius 1 is 1.12 bits per heavy atom. The number of halogens is 3. The number of piperidine rings is 1. The van der Waals surface area contributed by atoms with E-state index >= 15 is 0 Å². The lowest BCUT2D eigenvalue weighted by Crippen LogP contribution is -2.37. The molecular formula is C18H21F3N2S. The monoisotopic (exact) mass is 354 g/mol. The summed E-state index contributed by atoms with van der Waals surface area (Å²) in [5.41, 5.74) is 0.892. The van der Waals surface area contributed by atoms with Crippen molar-refractivity contribution in [3.8, 4) is 11.3 Å². The molecule has 6 heteroatoms. The SMILES string of the molecule is CC(C)N1CCC(c2nc(-c3ccc(C(F)(F)F)cc3)cs2)CC1. The van der Waals surface area contributed by atoms with Crippen LogP contribution in [0.25, 0.3) is 11.3 Å². The Labute approximate surface area is 144 Å². The zero-order valence-corrected chi connectivity index (χ0v) is 14.6. The standard InChI is InChI=1S/C18H21F3N2S/c1-12(2)23-9-7-14(8-10-23)17-22-16(11-24-17)13-3-5-15(6-4-13)18(19,20)21/h3-6,11-12,14H,7-10H2,1-2H3. The number of rotatable bonds is 3. The van der Waals surface area contributed by atoms with Crippen molar-refractivity contribution in [2.45, 2.75) is 44.8 Å². The van der Waals surface area contributed by atoms with Gasteiger partial charge in [-0.05, 0) is 51.9 Å². The van der Waals surface area contributed by atoms with Crippen LogP contribution in [-0.2, 0) is 6.18 Å². The Bertz CT molecular complexity index is 668. The number of hydrogen-bond donors (Lipinski definition) is 0. The lowest BCUT2D eigenvalue weighted by molar-refractivity contribution is -0.137. The van der Waals surface area contributed by atoms with E-state index in [-0.39, 0.29) is 0 Å². The van der Waals surface area contributed by atoms with Crippen molar-refractivity contribution in [3.63, 3.8) is 0 Å². The molecule has 0 unspecified atom stereocenters. The van der Waals surface area contributed by atoms with Gasteiger partial charge in [0.25, 0.3) is 0 Å². The molecule has 0 bridgehead atoms. The van der Waals surface area contributed by atoms with E-state index < -0.39 is 11.7 Å². The first-order valence-corrected chi connectivity index (χ1v) is 9.09. The summed E-state index contributed by atoms with van der Waals surface area (Å²) >= 11 is 1.62. The second-order valence-electron chi connectivity index (χ2n) is 6.55. The Kier molecular flexibility index (Phi) is 4.97. The molecule has 0 amide bonds. The highest BCUT2D eigenvalue weighted by molar-refractivity contribution is 7.10. The highest BCUT2D eigenvalue weighted by Crippen LogP contribution is 2.34. The Hall–Kier alpha value is -1.40. The zero-order chi connectivity index (χ0) is 17.3. The minimum atomic E-state index is -4.30. The van der Waals surface area contributed by atoms with Gasteiger partial charge in [-0.1, -0.05) is 12.1 Å². The predicted octanol–water partition coefficient (Wildman–Crippen LogP) is 5.42. The summed E-state index contributed by atoms with van der Waals surface area (Å²) in [6.45, 7) is 6.59. The number of benzene rings is 1. The van der Waals surface area contributed by atoms with Crippen molar-refractivity contribution in [2.24, 2.45) is 0 Å². The largest absolute Gasteiger partial charge is 0.416 e. The lowest BCUT2D eigenvalue weighted by atomic mass is 9.96. The highest BCUT2D eigenvalue weighted by atomic mass is 32.1. The molecule has 1 aliphatic rings. The molecule has 0 spiro atoms. The van der Waals surface area contributed by atoms with Crippen molar-refractivity contribution < 1.29 is 13.2 Å². The van der Waals surface area contributed by atoms with E-state index in [4.69, 9.17) is 0 Å². The van der Waals surface area contributed by atoms with E-state index in [0.717, 1.165) is 54.3 Å². The third-order valence-electron chi connectivity index (χ3n) is 4.64. The summed E-state index contributed by atoms with van der Waals surface area (Å²) < 4.78 is 37.9. The summed E-state index contributed by atoms with van der Waals surface area (Å²) in [6.07, 6.45) is -2.10. The van der Waals surface area contributed by atoms with E-state index in [1.165, 1.54) is 12.1 Å². The van der Waals surface area contributed by atoms with Crippen molar-refractivity contribution in [1.82, 2.24) is 9.88 Å². The molecular weight excluding hydrogens is 333 g/mol. The van der Waals surface area contributed by atoms with Crippen LogP contribution >= 0.6 is 11.3 Å². The van der Waals surface area contributed by atoms with Crippen LogP contribution in [-0.4, -0.2) is 29.0 Å². The third-order valence-corrected chi connectivity index (χ3v) is 5.65. The molecule has 1 aliphatic heterocycles. The number of nitrogens with zero attached hydrogens (tertiary/aromatic N) is 2. The van der Waals surface area contributed by atoms with Gasteiger partial charge < -0.3 is 4.90 Å². The summed E-state index contributed by atoms with van der Waals surface area (Å²) in [6, 6.07) is 5.82. The molecule has 0 radical (unpaired) electrons. The normalized spacial score (nSPS) is 17.6. The number of aromatic nitrogens is 1. The molecule has 0 atom stereocenters. The maximum absolute atomic E-state index is 12.6. The fraction of sp³-hybridized carbons (Fsp3) is 0.500. The first kappa shape index (κ1) is 17.4. The van der Waals surface area contributed by atoms with Crippen molar-refractivity contribution in [1.29, 1.82) is 0 Å². The van der Waals surface area contributed by atoms with E-state index in [0.29, 0.717) is 12.0 Å². The van der Waals surface area contributed by atoms with Crippen LogP contribution in [0.2, 0.25) is 0 Å². The maximum Gasteiger partial charge on any atom is 0.416 e. The number of thiazole rings is 1. The van der Waals surface area contributed by atoms with Gasteiger partial charge in [-0.25, -0.2) is 4.98 Å². The predicted molar refractivity (Wildman–Crippen MR) is 91.2 cm³/mol. The minimum absolute atomic E-state index is 0.466. The van der Waals surface area contributed by atoms with Gasteiger partial charge in [0.2, 0.25) is 0 Å². The van der Waals surface area contributed by atoms with Gasteiger partial charge in [0.05, 0.1) is 16.3 Å². The second-order valence-corrected chi connectivity index (χ2v) is 7.44. The fourth-order valence-electron chi connectivity index (χ4n) is 3.10. The Morgan fingerprint density at radius 2 is 1.75 bits per heavy atom. The van der Waals surface area contributed by atoms with Crippen molar-refractivity contribution in [2.75, 3.05) is 13.1 Å². The zero-order valence-electron chi connectivity index (χ0n) is 13.8. The minimum Gasteiger partial charge on any atom is -0.301 e. The third kappa shape index (κ3) is 3.81. The van der Waals surface area contributed by atoms with Crippen LogP contribution < -0.4 is 0 Å². The fourth-order valence-corrected chi connectivity index (χ4v) is 4.10. The molecule has 0 saturated carbocycles. The molecule has 130 valence electrons. The summed E-state index contributed by atoms with van der Waals surface area (Å²) in [5.74, 6) is 0.466. The first-order chi connectivity index (χ1) is 11.3. The number of alkyl halides is 3. The van der Waals surface area contributed by atoms with E-state index in [2.05, 4.69) is 23.7 Å². The molecule has 0 N–H and O–H groups in total. The lowest BCUT2D eigenvalue weighted by Gasteiger charge is -2.33. The van der Waals surface area contributed by atoms with E-state index in [1.54, 1.807) is 11.3 Å². The van der Waals surface area contributed by atoms with Crippen molar-refractivity contribution >= 4 is 11.3 Å². The topological polar surface area (TPSA) is 16.1 Å². The van der Waals surface area contributed by atoms with Crippen LogP contribution in [0.3, 0.4) is 0 Å². The average molecular weight is 354 g/mol. The van der Waals surface area contributed by atoms with Crippen LogP contribution in [0.5, 0.6) is 0 Å². The molecule has 1 saturated heterocycles. The van der Waals surface area contributed by atoms with E-state index in [9.17, 15) is 13.2 Å². The quantitative estimate of drug-likeness (QED) is 0.732. The van der Waals surface area contributed by atoms with Gasteiger partial charge in [-0.3, -0.25) is 0 Å². The molecule has 24 heavy (non-hydrogen) atoms. The summed E-state index contributed by atoms with van der Waals surface area (Å²) in [5, 5.41) is 3.06. The highest BCUT2D eigenvalue weighted by Gasteiger charge is 2.30. The average Bonchev–Trinajstić information content (AvgIpc) is 3.04. The van der Waals surface area contributed by atoms with E-state index in [1.807, 2.05) is 5.38 Å². The molecule has 1 fully saturated rings. The molecule has 2 nitrogen and oxygen atoms in total. The van der Waals surface area contributed by atoms with Crippen LogP contribution in [0, 0.1) is 0 Å². The molecule has 1 aromatic heterocycles. The van der Waals surface area contributed by atoms with Crippen LogP contribution in [0.15, 0.2) is 29.6 Å². The number of likely N-dealkylation sites (tertiary alicyclic amines) is 1. The molecule has 2 aromatic rings. The summed E-state index contributed by atoms with van der Waals surface area (Å²) in [4.78, 5) is 7.16. The van der Waals surface area contributed by atoms with Gasteiger partial charge in [0.1, 0.15) is 0 Å².